The van der Waals surface area contributed by atoms with Crippen LogP contribution >= 0.6 is 0 Å². The fourth-order valence-electron chi connectivity index (χ4n) is 1.21. The molecule has 0 bridgehead atoms. The summed E-state index contributed by atoms with van der Waals surface area (Å²) in [6, 6.07) is 0. The van der Waals surface area contributed by atoms with Gasteiger partial charge in [-0.25, -0.2) is 0 Å². The van der Waals surface area contributed by atoms with Crippen LogP contribution in [0.15, 0.2) is 0 Å². The molecule has 1 N–H and O–H groups in total. The fourth-order valence-corrected chi connectivity index (χ4v) is 1.21. The molecule has 0 aliphatic carbocycles. The zero-order valence-electron chi connectivity index (χ0n) is 10.0. The standard InChI is InChI=1S/C11H25NO/c1-7-11(5,6)9-12(13)8-10(2,3)4/h13H,7-9H2,1-6H3. The Morgan fingerprint density at radius 2 is 1.46 bits per heavy atom. The highest BCUT2D eigenvalue weighted by molar-refractivity contribution is 4.71. The monoisotopic (exact) mass is 187 g/mol. The topological polar surface area (TPSA) is 23.5 Å². The number of hydroxylamine groups is 2. The van der Waals surface area contributed by atoms with Crippen LogP contribution < -0.4 is 0 Å². The second-order valence-electron chi connectivity index (χ2n) is 5.90. The molecule has 0 radical (unpaired) electrons. The second kappa shape index (κ2) is 4.43. The molecule has 0 aromatic carbocycles. The van der Waals surface area contributed by atoms with Crippen molar-refractivity contribution in [1.29, 1.82) is 0 Å². The van der Waals surface area contributed by atoms with Crippen LogP contribution in [0.1, 0.15) is 48.0 Å². The molecule has 0 aromatic rings. The van der Waals surface area contributed by atoms with Gasteiger partial charge in [-0.2, -0.15) is 5.06 Å². The molecule has 0 amide bonds. The number of hydrogen-bond donors (Lipinski definition) is 1. The molecule has 0 saturated heterocycles. The number of rotatable bonds is 4. The summed E-state index contributed by atoms with van der Waals surface area (Å²) in [5.74, 6) is 0. The average molecular weight is 187 g/mol. The molecule has 0 aliphatic heterocycles. The third-order valence-electron chi connectivity index (χ3n) is 2.22. The highest BCUT2D eigenvalue weighted by atomic mass is 16.5. The molecule has 0 aromatic heterocycles. The van der Waals surface area contributed by atoms with Gasteiger partial charge in [-0.05, 0) is 17.3 Å². The van der Waals surface area contributed by atoms with Crippen LogP contribution in [0.2, 0.25) is 0 Å². The minimum atomic E-state index is 0.165. The first-order chi connectivity index (χ1) is 5.66. The highest BCUT2D eigenvalue weighted by Crippen LogP contribution is 2.22. The third-order valence-corrected chi connectivity index (χ3v) is 2.22. The van der Waals surface area contributed by atoms with Crippen molar-refractivity contribution in [2.45, 2.75) is 48.0 Å². The van der Waals surface area contributed by atoms with Gasteiger partial charge >= 0.3 is 0 Å². The Morgan fingerprint density at radius 1 is 1.00 bits per heavy atom. The van der Waals surface area contributed by atoms with Gasteiger partial charge in [0.1, 0.15) is 0 Å². The lowest BCUT2D eigenvalue weighted by Gasteiger charge is -2.31. The van der Waals surface area contributed by atoms with E-state index < -0.39 is 0 Å². The van der Waals surface area contributed by atoms with Crippen LogP contribution in [0.25, 0.3) is 0 Å². The highest BCUT2D eigenvalue weighted by Gasteiger charge is 2.22. The first-order valence-corrected chi connectivity index (χ1v) is 5.10. The molecule has 0 rings (SSSR count). The van der Waals surface area contributed by atoms with E-state index in [-0.39, 0.29) is 10.8 Å². The van der Waals surface area contributed by atoms with E-state index in [2.05, 4.69) is 41.5 Å². The van der Waals surface area contributed by atoms with E-state index >= 15 is 0 Å². The van der Waals surface area contributed by atoms with E-state index in [0.29, 0.717) is 0 Å². The van der Waals surface area contributed by atoms with Crippen molar-refractivity contribution in [3.05, 3.63) is 0 Å². The van der Waals surface area contributed by atoms with Gasteiger partial charge in [-0.15, -0.1) is 0 Å². The van der Waals surface area contributed by atoms with Crippen molar-refractivity contribution in [2.75, 3.05) is 13.1 Å². The maximum absolute atomic E-state index is 9.68. The van der Waals surface area contributed by atoms with Crippen LogP contribution in [0, 0.1) is 10.8 Å². The van der Waals surface area contributed by atoms with Crippen LogP contribution in [0.5, 0.6) is 0 Å². The molecule has 0 spiro atoms. The summed E-state index contributed by atoms with van der Waals surface area (Å²) in [5.41, 5.74) is 0.374. The molecule has 0 aliphatic rings. The van der Waals surface area contributed by atoms with Crippen LogP contribution in [0.3, 0.4) is 0 Å². The Bertz CT molecular complexity index is 147. The van der Waals surface area contributed by atoms with Crippen molar-refractivity contribution in [3.63, 3.8) is 0 Å². The minimum Gasteiger partial charge on any atom is -0.314 e. The molecular weight excluding hydrogens is 162 g/mol. The molecule has 0 fully saturated rings. The summed E-state index contributed by atoms with van der Waals surface area (Å²) in [5, 5.41) is 11.1. The largest absolute Gasteiger partial charge is 0.314 e. The lowest BCUT2D eigenvalue weighted by Crippen LogP contribution is -2.36. The van der Waals surface area contributed by atoms with E-state index in [0.717, 1.165) is 19.5 Å². The summed E-state index contributed by atoms with van der Waals surface area (Å²) < 4.78 is 0. The molecule has 0 unspecified atom stereocenters. The molecule has 80 valence electrons. The van der Waals surface area contributed by atoms with Crippen LogP contribution in [0.4, 0.5) is 0 Å². The maximum Gasteiger partial charge on any atom is 0.0289 e. The van der Waals surface area contributed by atoms with Gasteiger partial charge in [0.05, 0.1) is 0 Å². The maximum atomic E-state index is 9.68. The van der Waals surface area contributed by atoms with Gasteiger partial charge in [0.2, 0.25) is 0 Å². The zero-order chi connectivity index (χ0) is 10.7. The predicted molar refractivity (Wildman–Crippen MR) is 56.9 cm³/mol. The van der Waals surface area contributed by atoms with Gasteiger partial charge in [0.15, 0.2) is 0 Å². The van der Waals surface area contributed by atoms with Gasteiger partial charge in [-0.1, -0.05) is 41.5 Å². The molecule has 2 heteroatoms. The van der Waals surface area contributed by atoms with E-state index in [1.807, 2.05) is 0 Å². The molecule has 0 atom stereocenters. The van der Waals surface area contributed by atoms with Gasteiger partial charge < -0.3 is 5.21 Å². The summed E-state index contributed by atoms with van der Waals surface area (Å²) in [7, 11) is 0. The van der Waals surface area contributed by atoms with Crippen LogP contribution in [-0.2, 0) is 0 Å². The Morgan fingerprint density at radius 3 is 1.77 bits per heavy atom. The normalized spacial score (nSPS) is 13.8. The predicted octanol–water partition coefficient (Wildman–Crippen LogP) is 3.16. The van der Waals surface area contributed by atoms with E-state index in [1.54, 1.807) is 0 Å². The number of hydrogen-bond acceptors (Lipinski definition) is 2. The SMILES string of the molecule is CCC(C)(C)CN(O)CC(C)(C)C. The summed E-state index contributed by atoms with van der Waals surface area (Å²) in [6.45, 7) is 14.4. The Labute approximate surface area is 82.9 Å². The van der Waals surface area contributed by atoms with Crippen molar-refractivity contribution in [1.82, 2.24) is 5.06 Å². The molecule has 2 nitrogen and oxygen atoms in total. The molecule has 0 heterocycles. The zero-order valence-corrected chi connectivity index (χ0v) is 10.0. The lowest BCUT2D eigenvalue weighted by atomic mass is 9.89. The van der Waals surface area contributed by atoms with Crippen molar-refractivity contribution < 1.29 is 5.21 Å². The number of nitrogens with zero attached hydrogens (tertiary/aromatic N) is 1. The smallest absolute Gasteiger partial charge is 0.0289 e. The first-order valence-electron chi connectivity index (χ1n) is 5.10. The fraction of sp³-hybridized carbons (Fsp3) is 1.00. The summed E-state index contributed by atoms with van der Waals surface area (Å²) >= 11 is 0. The second-order valence-corrected chi connectivity index (χ2v) is 5.90. The lowest BCUT2D eigenvalue weighted by molar-refractivity contribution is -0.130. The van der Waals surface area contributed by atoms with E-state index in [1.165, 1.54) is 5.06 Å². The minimum absolute atomic E-state index is 0.165. The van der Waals surface area contributed by atoms with Crippen molar-refractivity contribution in [2.24, 2.45) is 10.8 Å². The molecular formula is C11H25NO. The van der Waals surface area contributed by atoms with Crippen molar-refractivity contribution >= 4 is 0 Å². The van der Waals surface area contributed by atoms with E-state index in [4.69, 9.17) is 0 Å². The Hall–Kier alpha value is -0.0800. The summed E-state index contributed by atoms with van der Waals surface area (Å²) in [4.78, 5) is 0. The summed E-state index contributed by atoms with van der Waals surface area (Å²) in [6.07, 6.45) is 1.09. The Balaban J connectivity index is 3.94. The van der Waals surface area contributed by atoms with Gasteiger partial charge in [0.25, 0.3) is 0 Å². The van der Waals surface area contributed by atoms with Gasteiger partial charge in [0, 0.05) is 13.1 Å². The van der Waals surface area contributed by atoms with E-state index in [9.17, 15) is 5.21 Å². The first kappa shape index (κ1) is 12.9. The molecule has 0 saturated carbocycles. The average Bonchev–Trinajstić information content (AvgIpc) is 1.81. The van der Waals surface area contributed by atoms with Gasteiger partial charge in [-0.3, -0.25) is 0 Å². The molecule has 13 heavy (non-hydrogen) atoms. The quantitative estimate of drug-likeness (QED) is 0.683. The van der Waals surface area contributed by atoms with Crippen molar-refractivity contribution in [3.8, 4) is 0 Å². The van der Waals surface area contributed by atoms with Crippen LogP contribution in [-0.4, -0.2) is 23.4 Å². The third kappa shape index (κ3) is 7.03. The Kier molecular flexibility index (Phi) is 4.40.